The predicted molar refractivity (Wildman–Crippen MR) is 106 cm³/mol. The van der Waals surface area contributed by atoms with Crippen LogP contribution in [0.25, 0.3) is 0 Å². The maximum Gasteiger partial charge on any atom is 0.275 e. The molecule has 0 bridgehead atoms. The summed E-state index contributed by atoms with van der Waals surface area (Å²) in [6, 6.07) is 13.0. The third-order valence-electron chi connectivity index (χ3n) is 4.72. The number of benzene rings is 1. The quantitative estimate of drug-likeness (QED) is 0.531. The van der Waals surface area contributed by atoms with E-state index < -0.39 is 0 Å². The van der Waals surface area contributed by atoms with Crippen molar-refractivity contribution in [2.45, 2.75) is 23.8 Å². The molecule has 0 spiro atoms. The third-order valence-corrected chi connectivity index (χ3v) is 6.26. The molecule has 0 radical (unpaired) electrons. The van der Waals surface area contributed by atoms with Gasteiger partial charge in [0.15, 0.2) is 6.54 Å². The van der Waals surface area contributed by atoms with Crippen LogP contribution in [0.2, 0.25) is 0 Å². The molecule has 4 nitrogen and oxygen atoms in total. The average molecular weight is 423 g/mol. The summed E-state index contributed by atoms with van der Waals surface area (Å²) in [4.78, 5) is 14.9. The van der Waals surface area contributed by atoms with Crippen molar-refractivity contribution >= 4 is 33.6 Å². The van der Waals surface area contributed by atoms with Crippen LogP contribution in [0.4, 0.5) is 0 Å². The number of likely N-dealkylation sites (tertiary alicyclic amines) is 1. The molecule has 1 aromatic carbocycles. The van der Waals surface area contributed by atoms with Crippen LogP contribution in [0, 0.1) is 0 Å². The first-order valence-electron chi connectivity index (χ1n) is 8.74. The van der Waals surface area contributed by atoms with Gasteiger partial charge in [0.2, 0.25) is 0 Å². The van der Waals surface area contributed by atoms with Gasteiger partial charge >= 0.3 is 0 Å². The van der Waals surface area contributed by atoms with Gasteiger partial charge in [-0.2, -0.15) is 0 Å². The fourth-order valence-corrected chi connectivity index (χ4v) is 4.51. The Morgan fingerprint density at radius 3 is 2.88 bits per heavy atom. The van der Waals surface area contributed by atoms with Gasteiger partial charge in [0.05, 0.1) is 12.2 Å². The molecule has 2 N–H and O–H groups in total. The summed E-state index contributed by atoms with van der Waals surface area (Å²) in [5, 5.41) is 3.07. The number of aromatic nitrogens is 1. The Kier molecular flexibility index (Phi) is 6.62. The topological polar surface area (TPSA) is 38.5 Å². The van der Waals surface area contributed by atoms with Gasteiger partial charge in [-0.1, -0.05) is 15.9 Å². The third kappa shape index (κ3) is 5.12. The summed E-state index contributed by atoms with van der Waals surface area (Å²) in [6.45, 7) is 2.36. The zero-order valence-electron chi connectivity index (χ0n) is 14.5. The molecule has 2 atom stereocenters. The van der Waals surface area contributed by atoms with Crippen LogP contribution in [0.15, 0.2) is 52.0 Å². The average Bonchev–Trinajstić information content (AvgIpc) is 3.21. The van der Waals surface area contributed by atoms with Crippen molar-refractivity contribution in [3.05, 3.63) is 52.8 Å². The lowest BCUT2D eigenvalue weighted by Gasteiger charge is -2.21. The largest absolute Gasteiger partial charge is 0.350 e. The van der Waals surface area contributed by atoms with Gasteiger partial charge in [-0.05, 0) is 36.4 Å². The second-order valence-corrected chi connectivity index (χ2v) is 8.56. The molecule has 3 rings (SSSR count). The van der Waals surface area contributed by atoms with Crippen LogP contribution in [-0.2, 0) is 11.8 Å². The summed E-state index contributed by atoms with van der Waals surface area (Å²) in [6.07, 6.45) is 4.45. The Morgan fingerprint density at radius 2 is 2.16 bits per heavy atom. The van der Waals surface area contributed by atoms with E-state index >= 15 is 0 Å². The first kappa shape index (κ1) is 18.5. The first-order valence-corrected chi connectivity index (χ1v) is 10.5. The van der Waals surface area contributed by atoms with Gasteiger partial charge < -0.3 is 14.8 Å². The lowest BCUT2D eigenvalue weighted by molar-refractivity contribution is -0.911. The number of carbonyl (C=O) groups excluding carboxylic acids is 1. The molecule has 0 saturated carbocycles. The molecule has 1 fully saturated rings. The summed E-state index contributed by atoms with van der Waals surface area (Å²) >= 11 is 5.21. The fraction of sp³-hybridized carbons (Fsp3) is 0.421. The van der Waals surface area contributed by atoms with Gasteiger partial charge in [-0.3, -0.25) is 4.79 Å². The molecule has 25 heavy (non-hydrogen) atoms. The molecule has 0 aliphatic carbocycles. The van der Waals surface area contributed by atoms with Gasteiger partial charge in [0.25, 0.3) is 5.91 Å². The van der Waals surface area contributed by atoms with E-state index in [1.54, 1.807) is 11.8 Å². The standard InChI is InChI=1S/C19H24BrN3OS/c1-22-11-2-4-17(22)18-5-3-12-23(18)14-19(24)21-10-13-25-16-8-6-15(20)7-9-16/h2,4,6-9,11,18H,3,5,10,12-14H2,1H3,(H,21,24)/p+1/t18-/m1/s1. The SMILES string of the molecule is Cn1cccc1[C@H]1CCC[NH+]1CC(=O)NCCSc1ccc(Br)cc1. The molecule has 1 amide bonds. The minimum atomic E-state index is 0.160. The highest BCUT2D eigenvalue weighted by Crippen LogP contribution is 2.20. The Balaban J connectivity index is 1.41. The van der Waals surface area contributed by atoms with Crippen molar-refractivity contribution in [3.63, 3.8) is 0 Å². The van der Waals surface area contributed by atoms with Crippen molar-refractivity contribution in [2.24, 2.45) is 7.05 Å². The minimum absolute atomic E-state index is 0.160. The highest BCUT2D eigenvalue weighted by Gasteiger charge is 2.32. The number of thioether (sulfide) groups is 1. The van der Waals surface area contributed by atoms with E-state index in [0.29, 0.717) is 19.1 Å². The number of amides is 1. The van der Waals surface area contributed by atoms with E-state index in [1.807, 2.05) is 12.1 Å². The molecule has 2 aromatic rings. The normalized spacial score (nSPS) is 19.9. The zero-order valence-corrected chi connectivity index (χ0v) is 16.9. The maximum absolute atomic E-state index is 12.3. The molecular weight excluding hydrogens is 398 g/mol. The molecule has 1 aromatic heterocycles. The smallest absolute Gasteiger partial charge is 0.275 e. The number of nitrogens with zero attached hydrogens (tertiary/aromatic N) is 1. The second kappa shape index (κ2) is 8.92. The Bertz CT molecular complexity index is 701. The number of hydrogen-bond donors (Lipinski definition) is 2. The number of quaternary nitrogens is 1. The number of nitrogens with one attached hydrogen (secondary N) is 2. The summed E-state index contributed by atoms with van der Waals surface area (Å²) < 4.78 is 3.27. The zero-order chi connectivity index (χ0) is 17.6. The van der Waals surface area contributed by atoms with E-state index in [-0.39, 0.29) is 5.91 Å². The summed E-state index contributed by atoms with van der Waals surface area (Å²) in [5.74, 6) is 1.05. The van der Waals surface area contributed by atoms with Crippen molar-refractivity contribution in [1.29, 1.82) is 0 Å². The number of halogens is 1. The van der Waals surface area contributed by atoms with Gasteiger partial charge in [-0.25, -0.2) is 0 Å². The van der Waals surface area contributed by atoms with E-state index in [2.05, 4.69) is 63.3 Å². The molecular formula is C19H25BrN3OS+. The monoisotopic (exact) mass is 422 g/mol. The molecule has 2 heterocycles. The number of rotatable bonds is 7. The van der Waals surface area contributed by atoms with Gasteiger partial charge in [0, 0.05) is 47.8 Å². The maximum atomic E-state index is 12.3. The number of hydrogen-bond acceptors (Lipinski definition) is 2. The van der Waals surface area contributed by atoms with E-state index in [4.69, 9.17) is 0 Å². The molecule has 1 saturated heterocycles. The lowest BCUT2D eigenvalue weighted by atomic mass is 10.1. The first-order chi connectivity index (χ1) is 12.1. The van der Waals surface area contributed by atoms with Gasteiger partial charge in [-0.15, -0.1) is 11.8 Å². The highest BCUT2D eigenvalue weighted by molar-refractivity contribution is 9.10. The highest BCUT2D eigenvalue weighted by atomic mass is 79.9. The van der Waals surface area contributed by atoms with Crippen LogP contribution >= 0.6 is 27.7 Å². The number of carbonyl (C=O) groups is 1. The van der Waals surface area contributed by atoms with Crippen molar-refractivity contribution in [2.75, 3.05) is 25.4 Å². The van der Waals surface area contributed by atoms with Crippen LogP contribution in [0.1, 0.15) is 24.6 Å². The van der Waals surface area contributed by atoms with E-state index in [1.165, 1.54) is 28.3 Å². The van der Waals surface area contributed by atoms with Gasteiger partial charge in [0.1, 0.15) is 6.04 Å². The fourth-order valence-electron chi connectivity index (χ4n) is 3.48. The lowest BCUT2D eigenvalue weighted by Crippen LogP contribution is -3.11. The van der Waals surface area contributed by atoms with Crippen molar-refractivity contribution in [1.82, 2.24) is 9.88 Å². The predicted octanol–water partition coefficient (Wildman–Crippen LogP) is 2.42. The Hall–Kier alpha value is -1.24. The molecule has 134 valence electrons. The van der Waals surface area contributed by atoms with E-state index in [0.717, 1.165) is 16.8 Å². The molecule has 6 heteroatoms. The van der Waals surface area contributed by atoms with Crippen LogP contribution in [0.5, 0.6) is 0 Å². The second-order valence-electron chi connectivity index (χ2n) is 6.48. The summed E-state index contributed by atoms with van der Waals surface area (Å²) in [7, 11) is 2.09. The molecule has 1 aliphatic rings. The molecule has 1 aliphatic heterocycles. The van der Waals surface area contributed by atoms with Crippen molar-refractivity contribution in [3.8, 4) is 0 Å². The van der Waals surface area contributed by atoms with Crippen LogP contribution in [-0.4, -0.2) is 35.9 Å². The van der Waals surface area contributed by atoms with Crippen LogP contribution < -0.4 is 10.2 Å². The molecule has 1 unspecified atom stereocenters. The van der Waals surface area contributed by atoms with E-state index in [9.17, 15) is 4.79 Å². The number of aryl methyl sites for hydroxylation is 1. The van der Waals surface area contributed by atoms with Crippen molar-refractivity contribution < 1.29 is 9.69 Å². The summed E-state index contributed by atoms with van der Waals surface area (Å²) in [5.41, 5.74) is 1.34. The van der Waals surface area contributed by atoms with Crippen LogP contribution in [0.3, 0.4) is 0 Å². The Labute approximate surface area is 162 Å². The Morgan fingerprint density at radius 1 is 1.36 bits per heavy atom. The minimum Gasteiger partial charge on any atom is -0.350 e.